The van der Waals surface area contributed by atoms with E-state index in [1.54, 1.807) is 0 Å². The Morgan fingerprint density at radius 3 is 2.88 bits per heavy atom. The zero-order valence-electron chi connectivity index (χ0n) is 10.4. The first kappa shape index (κ1) is 10.6. The van der Waals surface area contributed by atoms with Gasteiger partial charge in [-0.2, -0.15) is 0 Å². The van der Waals surface area contributed by atoms with E-state index in [0.717, 1.165) is 6.42 Å². The van der Waals surface area contributed by atoms with Crippen molar-refractivity contribution in [2.24, 2.45) is 4.99 Å². The van der Waals surface area contributed by atoms with Gasteiger partial charge in [-0.15, -0.1) is 0 Å². The number of aliphatic imine (C=N–C) groups is 1. The van der Waals surface area contributed by atoms with Gasteiger partial charge in [0.25, 0.3) is 0 Å². The topological polar surface area (TPSA) is 28.1 Å². The molecule has 0 aromatic heterocycles. The van der Waals surface area contributed by atoms with E-state index >= 15 is 0 Å². The molecule has 2 fully saturated rings. The fourth-order valence-corrected chi connectivity index (χ4v) is 3.29. The Kier molecular flexibility index (Phi) is 2.46. The minimum absolute atomic E-state index is 0.181. The number of rotatable bonds is 3. The van der Waals surface area contributed by atoms with Crippen LogP contribution in [0.5, 0.6) is 0 Å². The van der Waals surface area contributed by atoms with Crippen molar-refractivity contribution in [3.63, 3.8) is 0 Å². The lowest BCUT2D eigenvalue weighted by molar-refractivity contribution is 0.272. The van der Waals surface area contributed by atoms with Gasteiger partial charge in [0.1, 0.15) is 11.9 Å². The molecule has 1 saturated heterocycles. The van der Waals surface area contributed by atoms with Gasteiger partial charge in [0.15, 0.2) is 6.23 Å². The minimum atomic E-state index is 0.181. The van der Waals surface area contributed by atoms with E-state index in [-0.39, 0.29) is 5.54 Å². The number of hydrogen-bond donors (Lipinski definition) is 0. The lowest BCUT2D eigenvalue weighted by atomic mass is 9.91. The first-order valence-electron chi connectivity index (χ1n) is 6.74. The molecule has 2 heterocycles. The number of amidine groups is 1. The van der Waals surface area contributed by atoms with Crippen molar-refractivity contribution in [3.05, 3.63) is 0 Å². The van der Waals surface area contributed by atoms with E-state index in [1.165, 1.54) is 44.4 Å². The Bertz CT molecular complexity index is 307. The van der Waals surface area contributed by atoms with Crippen molar-refractivity contribution in [2.45, 2.75) is 69.7 Å². The van der Waals surface area contributed by atoms with Crippen LogP contribution in [-0.4, -0.2) is 35.7 Å². The fraction of sp³-hybridized carbons (Fsp3) is 0.923. The molecule has 0 aromatic rings. The second kappa shape index (κ2) is 3.73. The molecule has 1 spiro atoms. The van der Waals surface area contributed by atoms with Gasteiger partial charge < -0.3 is 9.64 Å². The maximum atomic E-state index is 5.85. The average molecular weight is 222 g/mol. The van der Waals surface area contributed by atoms with Gasteiger partial charge in [0, 0.05) is 13.5 Å². The smallest absolute Gasteiger partial charge is 0.160 e. The summed E-state index contributed by atoms with van der Waals surface area (Å²) >= 11 is 0. The van der Waals surface area contributed by atoms with Crippen LogP contribution >= 0.6 is 0 Å². The van der Waals surface area contributed by atoms with Crippen LogP contribution in [0.4, 0.5) is 0 Å². The highest BCUT2D eigenvalue weighted by molar-refractivity contribution is 5.84. The predicted octanol–water partition coefficient (Wildman–Crippen LogP) is 2.56. The van der Waals surface area contributed by atoms with Gasteiger partial charge in [-0.25, -0.2) is 0 Å². The molecular formula is C13H22N2O. The minimum Gasteiger partial charge on any atom is -0.345 e. The maximum absolute atomic E-state index is 5.85. The van der Waals surface area contributed by atoms with E-state index < -0.39 is 0 Å². The standard InChI is InChI=1S/C13H22N2O/c1-3-4-7-10-14-13(8-5-6-9-13)11-12(16-11)15(10)2/h11-12H,3-9H2,1-2H3. The molecule has 16 heavy (non-hydrogen) atoms. The lowest BCUT2D eigenvalue weighted by Crippen LogP contribution is -2.45. The zero-order valence-corrected chi connectivity index (χ0v) is 10.4. The van der Waals surface area contributed by atoms with Gasteiger partial charge in [0.05, 0.1) is 5.54 Å². The molecule has 1 saturated carbocycles. The summed E-state index contributed by atoms with van der Waals surface area (Å²) in [6, 6.07) is 0. The van der Waals surface area contributed by atoms with Crippen molar-refractivity contribution in [2.75, 3.05) is 7.05 Å². The zero-order chi connectivity index (χ0) is 11.2. The van der Waals surface area contributed by atoms with E-state index in [4.69, 9.17) is 9.73 Å². The molecule has 3 aliphatic rings. The average Bonchev–Trinajstić information content (AvgIpc) is 2.98. The summed E-state index contributed by atoms with van der Waals surface area (Å²) in [7, 11) is 2.14. The summed E-state index contributed by atoms with van der Waals surface area (Å²) in [6.45, 7) is 2.24. The quantitative estimate of drug-likeness (QED) is 0.686. The lowest BCUT2D eigenvalue weighted by Gasteiger charge is -2.32. The molecule has 0 radical (unpaired) electrons. The molecule has 0 bridgehead atoms. The van der Waals surface area contributed by atoms with Crippen LogP contribution in [-0.2, 0) is 4.74 Å². The number of nitrogens with zero attached hydrogens (tertiary/aromatic N) is 2. The van der Waals surface area contributed by atoms with Crippen LogP contribution in [0.2, 0.25) is 0 Å². The van der Waals surface area contributed by atoms with E-state index in [0.29, 0.717) is 12.3 Å². The third-order valence-corrected chi connectivity index (χ3v) is 4.36. The number of likely N-dealkylation sites (N-methyl/N-ethyl adjacent to an activating group) is 1. The molecule has 90 valence electrons. The molecule has 2 atom stereocenters. The van der Waals surface area contributed by atoms with Crippen LogP contribution in [0.15, 0.2) is 4.99 Å². The molecule has 0 aromatic carbocycles. The highest BCUT2D eigenvalue weighted by Gasteiger charge is 2.60. The normalized spacial score (nSPS) is 35.1. The summed E-state index contributed by atoms with van der Waals surface area (Å²) in [5, 5.41) is 0. The Labute approximate surface area is 97.9 Å². The summed E-state index contributed by atoms with van der Waals surface area (Å²) in [5.74, 6) is 1.29. The molecule has 2 unspecified atom stereocenters. The Morgan fingerprint density at radius 2 is 2.19 bits per heavy atom. The fourth-order valence-electron chi connectivity index (χ4n) is 3.29. The number of hydrogen-bond acceptors (Lipinski definition) is 3. The molecule has 1 aliphatic carbocycles. The molecular weight excluding hydrogens is 200 g/mol. The van der Waals surface area contributed by atoms with Gasteiger partial charge >= 0.3 is 0 Å². The number of epoxide rings is 1. The second-order valence-corrected chi connectivity index (χ2v) is 5.50. The second-order valence-electron chi connectivity index (χ2n) is 5.50. The summed E-state index contributed by atoms with van der Waals surface area (Å²) < 4.78 is 5.85. The van der Waals surface area contributed by atoms with E-state index in [1.807, 2.05) is 0 Å². The summed E-state index contributed by atoms with van der Waals surface area (Å²) in [5.41, 5.74) is 0.181. The van der Waals surface area contributed by atoms with Gasteiger partial charge in [-0.1, -0.05) is 26.2 Å². The SMILES string of the molecule is CCCCC1=NC2(CCCC2)C2OC2N1C. The third kappa shape index (κ3) is 1.48. The van der Waals surface area contributed by atoms with Gasteiger partial charge in [-0.05, 0) is 19.3 Å². The van der Waals surface area contributed by atoms with E-state index in [9.17, 15) is 0 Å². The summed E-state index contributed by atoms with van der Waals surface area (Å²) in [6.07, 6.45) is 9.54. The molecule has 3 rings (SSSR count). The van der Waals surface area contributed by atoms with Crippen LogP contribution in [0.3, 0.4) is 0 Å². The van der Waals surface area contributed by atoms with Crippen molar-refractivity contribution in [3.8, 4) is 0 Å². The number of fused-ring (bicyclic) bond motifs is 2. The van der Waals surface area contributed by atoms with Crippen molar-refractivity contribution in [1.82, 2.24) is 4.90 Å². The van der Waals surface area contributed by atoms with Crippen LogP contribution in [0.25, 0.3) is 0 Å². The molecule has 0 N–H and O–H groups in total. The largest absolute Gasteiger partial charge is 0.345 e. The maximum Gasteiger partial charge on any atom is 0.160 e. The number of ether oxygens (including phenoxy) is 1. The first-order chi connectivity index (χ1) is 7.77. The monoisotopic (exact) mass is 222 g/mol. The third-order valence-electron chi connectivity index (χ3n) is 4.36. The molecule has 3 nitrogen and oxygen atoms in total. The molecule has 0 amide bonds. The summed E-state index contributed by atoms with van der Waals surface area (Å²) in [4.78, 5) is 7.34. The highest BCUT2D eigenvalue weighted by atomic mass is 16.6. The van der Waals surface area contributed by atoms with E-state index in [2.05, 4.69) is 18.9 Å². The Balaban J connectivity index is 1.82. The number of unbranched alkanes of at least 4 members (excludes halogenated alkanes) is 1. The first-order valence-corrected chi connectivity index (χ1v) is 6.74. The predicted molar refractivity (Wildman–Crippen MR) is 64.6 cm³/mol. The Hall–Kier alpha value is -0.570. The molecule has 2 aliphatic heterocycles. The van der Waals surface area contributed by atoms with Crippen molar-refractivity contribution >= 4 is 5.84 Å². The van der Waals surface area contributed by atoms with Crippen molar-refractivity contribution < 1.29 is 4.74 Å². The van der Waals surface area contributed by atoms with Gasteiger partial charge in [-0.3, -0.25) is 4.99 Å². The van der Waals surface area contributed by atoms with Crippen LogP contribution in [0, 0.1) is 0 Å². The van der Waals surface area contributed by atoms with Crippen molar-refractivity contribution in [1.29, 1.82) is 0 Å². The highest BCUT2D eigenvalue weighted by Crippen LogP contribution is 2.49. The molecule has 3 heteroatoms. The van der Waals surface area contributed by atoms with Crippen LogP contribution < -0.4 is 0 Å². The van der Waals surface area contributed by atoms with Gasteiger partial charge in [0.2, 0.25) is 0 Å². The van der Waals surface area contributed by atoms with Crippen LogP contribution in [0.1, 0.15) is 51.9 Å². The Morgan fingerprint density at radius 1 is 1.44 bits per heavy atom.